The van der Waals surface area contributed by atoms with Gasteiger partial charge in [-0.25, -0.2) is 0 Å². The Hall–Kier alpha value is -0.580. The molecule has 2 rings (SSSR count). The fourth-order valence-electron chi connectivity index (χ4n) is 1.85. The molecule has 0 bridgehead atoms. The third-order valence-corrected chi connectivity index (χ3v) is 3.05. The minimum atomic E-state index is -0.366. The first-order chi connectivity index (χ1) is 7.22. The maximum Gasteiger partial charge on any atom is 0.127 e. The predicted octanol–water partition coefficient (Wildman–Crippen LogP) is 1.77. The van der Waals surface area contributed by atoms with E-state index in [1.807, 2.05) is 6.07 Å². The summed E-state index contributed by atoms with van der Waals surface area (Å²) in [5, 5.41) is 9.08. The molecule has 4 heteroatoms. The molecule has 1 aromatic rings. The van der Waals surface area contributed by atoms with Crippen molar-refractivity contribution in [2.24, 2.45) is 5.73 Å². The summed E-state index contributed by atoms with van der Waals surface area (Å²) in [6.45, 7) is 0.673. The second kappa shape index (κ2) is 4.51. The lowest BCUT2D eigenvalue weighted by molar-refractivity contribution is 0.253. The minimum absolute atomic E-state index is 0.0632. The van der Waals surface area contributed by atoms with Crippen molar-refractivity contribution in [3.8, 4) is 5.75 Å². The monoisotopic (exact) mass is 271 g/mol. The van der Waals surface area contributed by atoms with E-state index in [9.17, 15) is 0 Å². The Bertz CT molecular complexity index is 368. The van der Waals surface area contributed by atoms with Gasteiger partial charge in [-0.2, -0.15) is 0 Å². The molecular weight excluding hydrogens is 258 g/mol. The number of fused-ring (bicyclic) bond motifs is 1. The van der Waals surface area contributed by atoms with Crippen LogP contribution in [0.25, 0.3) is 0 Å². The average molecular weight is 272 g/mol. The van der Waals surface area contributed by atoms with Crippen LogP contribution in [0.15, 0.2) is 16.6 Å². The molecule has 0 amide bonds. The molecule has 15 heavy (non-hydrogen) atoms. The second-order valence-corrected chi connectivity index (χ2v) is 4.64. The highest BCUT2D eigenvalue weighted by Gasteiger charge is 2.19. The van der Waals surface area contributed by atoms with E-state index in [0.717, 1.165) is 35.2 Å². The van der Waals surface area contributed by atoms with Crippen LogP contribution in [-0.4, -0.2) is 18.3 Å². The molecular formula is C11H14BrNO2. The number of benzene rings is 1. The molecule has 1 atom stereocenters. The Morgan fingerprint density at radius 1 is 1.53 bits per heavy atom. The summed E-state index contributed by atoms with van der Waals surface area (Å²) < 4.78 is 6.61. The SMILES string of the molecule is NC(CO)c1cc(Br)cc2c1OCCC2. The standard InChI is InChI=1S/C11H14BrNO2/c12-8-4-7-2-1-3-15-11(7)9(5-8)10(13)6-14/h4-5,10,14H,1-3,6,13H2. The van der Waals surface area contributed by atoms with Crippen molar-refractivity contribution in [1.29, 1.82) is 0 Å². The van der Waals surface area contributed by atoms with Gasteiger partial charge >= 0.3 is 0 Å². The molecule has 1 aliphatic heterocycles. The maximum absolute atomic E-state index is 9.08. The largest absolute Gasteiger partial charge is 0.493 e. The van der Waals surface area contributed by atoms with Crippen LogP contribution >= 0.6 is 15.9 Å². The van der Waals surface area contributed by atoms with E-state index >= 15 is 0 Å². The summed E-state index contributed by atoms with van der Waals surface area (Å²) in [5.74, 6) is 0.867. The van der Waals surface area contributed by atoms with Crippen LogP contribution in [0.5, 0.6) is 5.75 Å². The van der Waals surface area contributed by atoms with Crippen molar-refractivity contribution < 1.29 is 9.84 Å². The third kappa shape index (κ3) is 2.17. The molecule has 0 spiro atoms. The summed E-state index contributed by atoms with van der Waals surface area (Å²) in [5.41, 5.74) is 7.90. The van der Waals surface area contributed by atoms with Crippen LogP contribution < -0.4 is 10.5 Å². The zero-order chi connectivity index (χ0) is 10.8. The van der Waals surface area contributed by atoms with Crippen molar-refractivity contribution in [1.82, 2.24) is 0 Å². The van der Waals surface area contributed by atoms with Crippen LogP contribution in [0.1, 0.15) is 23.6 Å². The van der Waals surface area contributed by atoms with Crippen LogP contribution in [-0.2, 0) is 6.42 Å². The van der Waals surface area contributed by atoms with Crippen LogP contribution in [0, 0.1) is 0 Å². The number of aliphatic hydroxyl groups excluding tert-OH is 1. The fraction of sp³-hybridized carbons (Fsp3) is 0.455. The predicted molar refractivity (Wildman–Crippen MR) is 62.0 cm³/mol. The highest BCUT2D eigenvalue weighted by atomic mass is 79.9. The molecule has 3 N–H and O–H groups in total. The van der Waals surface area contributed by atoms with Gasteiger partial charge in [0.1, 0.15) is 5.75 Å². The number of hydrogen-bond donors (Lipinski definition) is 2. The van der Waals surface area contributed by atoms with E-state index in [-0.39, 0.29) is 12.6 Å². The Labute approximate surface area is 97.4 Å². The Morgan fingerprint density at radius 3 is 3.07 bits per heavy atom. The lowest BCUT2D eigenvalue weighted by atomic mass is 9.99. The van der Waals surface area contributed by atoms with Crippen molar-refractivity contribution in [2.75, 3.05) is 13.2 Å². The molecule has 0 saturated carbocycles. The van der Waals surface area contributed by atoms with Crippen molar-refractivity contribution in [2.45, 2.75) is 18.9 Å². The van der Waals surface area contributed by atoms with Gasteiger partial charge in [-0.3, -0.25) is 0 Å². The lowest BCUT2D eigenvalue weighted by Gasteiger charge is -2.23. The number of hydrogen-bond acceptors (Lipinski definition) is 3. The average Bonchev–Trinajstić information content (AvgIpc) is 2.26. The van der Waals surface area contributed by atoms with Gasteiger partial charge in [-0.1, -0.05) is 15.9 Å². The van der Waals surface area contributed by atoms with Gasteiger partial charge < -0.3 is 15.6 Å². The molecule has 0 fully saturated rings. The maximum atomic E-state index is 9.08. The van der Waals surface area contributed by atoms with Gasteiger partial charge in [0.2, 0.25) is 0 Å². The zero-order valence-corrected chi connectivity index (χ0v) is 9.96. The zero-order valence-electron chi connectivity index (χ0n) is 8.37. The van der Waals surface area contributed by atoms with Crippen LogP contribution in [0.4, 0.5) is 0 Å². The number of aliphatic hydroxyl groups is 1. The number of aryl methyl sites for hydroxylation is 1. The Morgan fingerprint density at radius 2 is 2.33 bits per heavy atom. The molecule has 3 nitrogen and oxygen atoms in total. The molecule has 0 aliphatic carbocycles. The van der Waals surface area contributed by atoms with E-state index in [0.29, 0.717) is 0 Å². The van der Waals surface area contributed by atoms with Gasteiger partial charge in [-0.05, 0) is 30.5 Å². The molecule has 0 aromatic heterocycles. The summed E-state index contributed by atoms with van der Waals surface area (Å²) in [4.78, 5) is 0. The summed E-state index contributed by atoms with van der Waals surface area (Å²) in [6.07, 6.45) is 2.05. The van der Waals surface area contributed by atoms with Crippen LogP contribution in [0.3, 0.4) is 0 Å². The van der Waals surface area contributed by atoms with Gasteiger partial charge in [0.15, 0.2) is 0 Å². The number of nitrogens with two attached hydrogens (primary N) is 1. The number of ether oxygens (including phenoxy) is 1. The quantitative estimate of drug-likeness (QED) is 0.862. The molecule has 1 aliphatic rings. The van der Waals surface area contributed by atoms with E-state index in [1.54, 1.807) is 0 Å². The molecule has 1 heterocycles. The van der Waals surface area contributed by atoms with Crippen molar-refractivity contribution in [3.05, 3.63) is 27.7 Å². The first-order valence-corrected chi connectivity index (χ1v) is 5.83. The summed E-state index contributed by atoms with van der Waals surface area (Å²) in [7, 11) is 0. The molecule has 1 unspecified atom stereocenters. The first-order valence-electron chi connectivity index (χ1n) is 5.04. The molecule has 0 radical (unpaired) electrons. The normalized spacial score (nSPS) is 16.7. The van der Waals surface area contributed by atoms with E-state index in [1.165, 1.54) is 5.56 Å². The van der Waals surface area contributed by atoms with Gasteiger partial charge in [-0.15, -0.1) is 0 Å². The lowest BCUT2D eigenvalue weighted by Crippen LogP contribution is -2.19. The van der Waals surface area contributed by atoms with Gasteiger partial charge in [0, 0.05) is 10.0 Å². The minimum Gasteiger partial charge on any atom is -0.493 e. The summed E-state index contributed by atoms with van der Waals surface area (Å²) in [6, 6.07) is 3.61. The topological polar surface area (TPSA) is 55.5 Å². The van der Waals surface area contributed by atoms with Crippen molar-refractivity contribution in [3.63, 3.8) is 0 Å². The molecule has 82 valence electrons. The van der Waals surface area contributed by atoms with Crippen molar-refractivity contribution >= 4 is 15.9 Å². The molecule has 1 aromatic carbocycles. The fourth-order valence-corrected chi connectivity index (χ4v) is 2.37. The highest BCUT2D eigenvalue weighted by molar-refractivity contribution is 9.10. The van der Waals surface area contributed by atoms with Gasteiger partial charge in [0.05, 0.1) is 19.3 Å². The molecule has 0 saturated heterocycles. The number of halogens is 1. The number of rotatable bonds is 2. The Balaban J connectivity index is 2.47. The van der Waals surface area contributed by atoms with Gasteiger partial charge in [0.25, 0.3) is 0 Å². The summed E-state index contributed by atoms with van der Waals surface area (Å²) >= 11 is 3.45. The smallest absolute Gasteiger partial charge is 0.127 e. The first kappa shape index (κ1) is 10.9. The third-order valence-electron chi connectivity index (χ3n) is 2.59. The van der Waals surface area contributed by atoms with E-state index in [2.05, 4.69) is 22.0 Å². The van der Waals surface area contributed by atoms with E-state index in [4.69, 9.17) is 15.6 Å². The van der Waals surface area contributed by atoms with E-state index < -0.39 is 0 Å². The highest BCUT2D eigenvalue weighted by Crippen LogP contribution is 2.35. The Kier molecular flexibility index (Phi) is 3.29. The second-order valence-electron chi connectivity index (χ2n) is 3.72. The van der Waals surface area contributed by atoms with Crippen LogP contribution in [0.2, 0.25) is 0 Å².